The van der Waals surface area contributed by atoms with Crippen molar-refractivity contribution in [2.75, 3.05) is 16.8 Å². The summed E-state index contributed by atoms with van der Waals surface area (Å²) in [7, 11) is 0. The lowest BCUT2D eigenvalue weighted by atomic mass is 9.87. The van der Waals surface area contributed by atoms with Gasteiger partial charge in [0.1, 0.15) is 11.5 Å². The van der Waals surface area contributed by atoms with Gasteiger partial charge in [-0.1, -0.05) is 42.5 Å². The zero-order valence-electron chi connectivity index (χ0n) is 16.5. The van der Waals surface area contributed by atoms with Gasteiger partial charge in [0.2, 0.25) is 11.8 Å². The number of nitrogens with one attached hydrogen (secondary N) is 1. The van der Waals surface area contributed by atoms with Gasteiger partial charge in [0, 0.05) is 35.5 Å². The summed E-state index contributed by atoms with van der Waals surface area (Å²) in [6.45, 7) is 0.719. The average Bonchev–Trinajstić information content (AvgIpc) is 2.78. The number of hydrogen-bond donors (Lipinski definition) is 1. The fourth-order valence-electron chi connectivity index (χ4n) is 4.24. The van der Waals surface area contributed by atoms with Crippen LogP contribution in [-0.2, 0) is 9.59 Å². The molecule has 1 N–H and O–H groups in total. The van der Waals surface area contributed by atoms with Gasteiger partial charge in [-0.05, 0) is 43.2 Å². The Morgan fingerprint density at radius 3 is 2.30 bits per heavy atom. The van der Waals surface area contributed by atoms with Crippen LogP contribution in [0.15, 0.2) is 72.8 Å². The number of carbonyl (C=O) groups is 2. The summed E-state index contributed by atoms with van der Waals surface area (Å²) in [6.07, 6.45) is 2.51. The number of fused-ring (bicyclic) bond motifs is 2. The summed E-state index contributed by atoms with van der Waals surface area (Å²) in [6, 6.07) is 22.8. The lowest BCUT2D eigenvalue weighted by Gasteiger charge is -2.28. The molecule has 0 unspecified atom stereocenters. The first-order valence-corrected chi connectivity index (χ1v) is 10.3. The van der Waals surface area contributed by atoms with E-state index in [1.807, 2.05) is 72.8 Å². The second kappa shape index (κ2) is 7.67. The number of hydrogen-bond acceptors (Lipinski definition) is 3. The molecule has 0 saturated carbocycles. The first-order chi connectivity index (χ1) is 14.7. The van der Waals surface area contributed by atoms with Crippen molar-refractivity contribution in [2.45, 2.75) is 25.2 Å². The number of rotatable bonds is 3. The maximum Gasteiger partial charge on any atom is 0.236 e. The summed E-state index contributed by atoms with van der Waals surface area (Å²) in [4.78, 5) is 27.5. The molecule has 2 amide bonds. The van der Waals surface area contributed by atoms with Crippen LogP contribution in [0.3, 0.4) is 0 Å². The van der Waals surface area contributed by atoms with Crippen LogP contribution in [0.1, 0.15) is 36.3 Å². The van der Waals surface area contributed by atoms with Gasteiger partial charge < -0.3 is 15.0 Å². The highest BCUT2D eigenvalue weighted by atomic mass is 16.5. The molecule has 0 bridgehead atoms. The van der Waals surface area contributed by atoms with Crippen LogP contribution in [0.5, 0.6) is 11.5 Å². The Bertz CT molecular complexity index is 1080. The Kier molecular flexibility index (Phi) is 4.71. The molecule has 2 aliphatic heterocycles. The van der Waals surface area contributed by atoms with Crippen LogP contribution in [0, 0.1) is 0 Å². The Labute approximate surface area is 175 Å². The molecule has 5 rings (SSSR count). The van der Waals surface area contributed by atoms with Crippen molar-refractivity contribution in [3.63, 3.8) is 0 Å². The molecule has 0 spiro atoms. The number of piperidine rings is 1. The molecule has 0 atom stereocenters. The van der Waals surface area contributed by atoms with Crippen LogP contribution in [-0.4, -0.2) is 18.4 Å². The van der Waals surface area contributed by atoms with E-state index < -0.39 is 5.92 Å². The topological polar surface area (TPSA) is 58.6 Å². The van der Waals surface area contributed by atoms with Gasteiger partial charge in [0.15, 0.2) is 0 Å². The monoisotopic (exact) mass is 398 g/mol. The lowest BCUT2D eigenvalue weighted by molar-refractivity contribution is -0.119. The Morgan fingerprint density at radius 2 is 1.60 bits per heavy atom. The van der Waals surface area contributed by atoms with Crippen molar-refractivity contribution in [1.29, 1.82) is 0 Å². The van der Waals surface area contributed by atoms with Crippen molar-refractivity contribution in [3.8, 4) is 11.5 Å². The first kappa shape index (κ1) is 18.4. The van der Waals surface area contributed by atoms with Crippen LogP contribution < -0.4 is 15.0 Å². The smallest absolute Gasteiger partial charge is 0.236 e. The molecule has 0 aliphatic carbocycles. The quantitative estimate of drug-likeness (QED) is 0.669. The molecule has 0 aromatic heterocycles. The molecule has 2 aliphatic rings. The number of benzene rings is 3. The molecule has 1 fully saturated rings. The van der Waals surface area contributed by atoms with E-state index in [2.05, 4.69) is 5.32 Å². The van der Waals surface area contributed by atoms with Gasteiger partial charge in [0.25, 0.3) is 0 Å². The molecular formula is C25H22N2O3. The average molecular weight is 398 g/mol. The van der Waals surface area contributed by atoms with Gasteiger partial charge in [-0.3, -0.25) is 9.59 Å². The molecule has 2 heterocycles. The number of ether oxygens (including phenoxy) is 1. The maximum absolute atomic E-state index is 13.4. The van der Waals surface area contributed by atoms with E-state index in [1.165, 1.54) is 0 Å². The summed E-state index contributed by atoms with van der Waals surface area (Å²) in [5, 5.41) is 3.06. The fourth-order valence-corrected chi connectivity index (χ4v) is 4.24. The number of nitrogens with zero attached hydrogens (tertiary/aromatic N) is 1. The third-order valence-electron chi connectivity index (χ3n) is 5.69. The fraction of sp³-hybridized carbons (Fsp3) is 0.200. The van der Waals surface area contributed by atoms with Gasteiger partial charge in [-0.25, -0.2) is 0 Å². The summed E-state index contributed by atoms with van der Waals surface area (Å²) >= 11 is 0. The molecule has 30 heavy (non-hydrogen) atoms. The lowest BCUT2D eigenvalue weighted by Crippen LogP contribution is -2.35. The van der Waals surface area contributed by atoms with E-state index in [-0.39, 0.29) is 11.8 Å². The Hall–Kier alpha value is -3.60. The van der Waals surface area contributed by atoms with Crippen LogP contribution in [0.2, 0.25) is 0 Å². The minimum absolute atomic E-state index is 0.125. The highest BCUT2D eigenvalue weighted by Crippen LogP contribution is 2.44. The number of carbonyl (C=O) groups excluding carboxylic acids is 2. The molecule has 3 aromatic rings. The largest absolute Gasteiger partial charge is 0.457 e. The van der Waals surface area contributed by atoms with Gasteiger partial charge in [-0.2, -0.15) is 0 Å². The van der Waals surface area contributed by atoms with E-state index in [0.29, 0.717) is 23.6 Å². The van der Waals surface area contributed by atoms with Gasteiger partial charge in [-0.15, -0.1) is 0 Å². The van der Waals surface area contributed by atoms with Crippen molar-refractivity contribution in [3.05, 3.63) is 83.9 Å². The summed E-state index contributed by atoms with van der Waals surface area (Å²) in [5.41, 5.74) is 3.19. The molecule has 5 nitrogen and oxygen atoms in total. The maximum atomic E-state index is 13.4. The van der Waals surface area contributed by atoms with Crippen molar-refractivity contribution in [2.24, 2.45) is 0 Å². The zero-order valence-corrected chi connectivity index (χ0v) is 16.5. The molecule has 1 saturated heterocycles. The third-order valence-corrected chi connectivity index (χ3v) is 5.69. The summed E-state index contributed by atoms with van der Waals surface area (Å²) < 4.78 is 5.99. The standard InChI is InChI=1S/C25H22N2O3/c28-23-14-5-6-15-27(23)18-9-7-8-17(16-18)26-25(29)24-19-10-1-3-12-21(19)30-22-13-4-2-11-20(22)24/h1-4,7-13,16,24H,5-6,14-15H2,(H,26,29). The number of amides is 2. The van der Waals surface area contributed by atoms with E-state index >= 15 is 0 Å². The van der Waals surface area contributed by atoms with Gasteiger partial charge >= 0.3 is 0 Å². The van der Waals surface area contributed by atoms with Crippen LogP contribution in [0.4, 0.5) is 11.4 Å². The molecular weight excluding hydrogens is 376 g/mol. The van der Waals surface area contributed by atoms with E-state index in [1.54, 1.807) is 4.90 Å². The first-order valence-electron chi connectivity index (χ1n) is 10.3. The van der Waals surface area contributed by atoms with Crippen LogP contribution >= 0.6 is 0 Å². The van der Waals surface area contributed by atoms with E-state index in [9.17, 15) is 9.59 Å². The highest BCUT2D eigenvalue weighted by molar-refractivity contribution is 6.00. The predicted molar refractivity (Wildman–Crippen MR) is 116 cm³/mol. The van der Waals surface area contributed by atoms with Crippen molar-refractivity contribution in [1.82, 2.24) is 0 Å². The minimum atomic E-state index is -0.466. The van der Waals surface area contributed by atoms with Crippen molar-refractivity contribution >= 4 is 23.2 Å². The molecule has 3 aromatic carbocycles. The molecule has 150 valence electrons. The SMILES string of the molecule is O=C(Nc1cccc(N2CCCCC2=O)c1)C1c2ccccc2Oc2ccccc21. The van der Waals surface area contributed by atoms with E-state index in [0.717, 1.165) is 36.2 Å². The third kappa shape index (κ3) is 3.32. The van der Waals surface area contributed by atoms with E-state index in [4.69, 9.17) is 4.74 Å². The zero-order chi connectivity index (χ0) is 20.5. The second-order valence-electron chi connectivity index (χ2n) is 7.65. The highest BCUT2D eigenvalue weighted by Gasteiger charge is 2.32. The Morgan fingerprint density at radius 1 is 0.900 bits per heavy atom. The number of anilines is 2. The Balaban J connectivity index is 1.45. The molecule has 5 heteroatoms. The summed E-state index contributed by atoms with van der Waals surface area (Å²) in [5.74, 6) is 0.941. The normalized spacial score (nSPS) is 15.7. The second-order valence-corrected chi connectivity index (χ2v) is 7.65. The van der Waals surface area contributed by atoms with Crippen molar-refractivity contribution < 1.29 is 14.3 Å². The number of para-hydroxylation sites is 2. The minimum Gasteiger partial charge on any atom is -0.457 e. The molecule has 0 radical (unpaired) electrons. The predicted octanol–water partition coefficient (Wildman–Crippen LogP) is 5.08. The van der Waals surface area contributed by atoms with Gasteiger partial charge in [0.05, 0.1) is 5.92 Å². The van der Waals surface area contributed by atoms with Crippen LogP contribution in [0.25, 0.3) is 0 Å².